The van der Waals surface area contributed by atoms with E-state index in [1.54, 1.807) is 12.1 Å². The predicted octanol–water partition coefficient (Wildman–Crippen LogP) is 5.58. The number of aldehydes is 2. The first-order valence-corrected chi connectivity index (χ1v) is 9.65. The van der Waals surface area contributed by atoms with E-state index in [0.717, 1.165) is 35.0 Å². The Kier molecular flexibility index (Phi) is 5.30. The van der Waals surface area contributed by atoms with E-state index < -0.39 is 0 Å². The first kappa shape index (κ1) is 18.8. The van der Waals surface area contributed by atoms with Crippen LogP contribution in [-0.4, -0.2) is 18.3 Å². The van der Waals surface area contributed by atoms with Gasteiger partial charge in [-0.3, -0.25) is 14.6 Å². The summed E-state index contributed by atoms with van der Waals surface area (Å²) in [5.41, 5.74) is 6.36. The summed E-state index contributed by atoms with van der Waals surface area (Å²) in [6.07, 6.45) is 3.83. The van der Waals surface area contributed by atoms with E-state index in [1.165, 1.54) is 5.57 Å². The second-order valence-electron chi connectivity index (χ2n) is 7.24. The Morgan fingerprint density at radius 1 is 0.759 bits per heavy atom. The monoisotopic (exact) mass is 379 g/mol. The lowest BCUT2D eigenvalue weighted by molar-refractivity contribution is 0.111. The van der Waals surface area contributed by atoms with Gasteiger partial charge in [0, 0.05) is 22.6 Å². The molecule has 0 aliphatic carbocycles. The molecule has 0 fully saturated rings. The highest BCUT2D eigenvalue weighted by Crippen LogP contribution is 2.40. The van der Waals surface area contributed by atoms with Crippen LogP contribution in [0.25, 0.3) is 5.57 Å². The Bertz CT molecular complexity index is 1110. The number of allylic oxidation sites excluding steroid dienone is 1. The van der Waals surface area contributed by atoms with E-state index in [0.29, 0.717) is 11.1 Å². The zero-order chi connectivity index (χ0) is 20.2. The molecule has 0 saturated carbocycles. The summed E-state index contributed by atoms with van der Waals surface area (Å²) in [7, 11) is 0. The highest BCUT2D eigenvalue weighted by Gasteiger charge is 2.28. The number of nitrogens with zero attached hydrogens (tertiary/aromatic N) is 1. The van der Waals surface area contributed by atoms with Crippen molar-refractivity contribution >= 4 is 23.9 Å². The molecule has 3 aromatic rings. The molecule has 0 spiro atoms. The molecule has 3 nitrogen and oxygen atoms in total. The Balaban J connectivity index is 1.86. The molecule has 0 aromatic heterocycles. The van der Waals surface area contributed by atoms with Gasteiger partial charge in [-0.15, -0.1) is 0 Å². The molecular formula is C26H21NO2. The van der Waals surface area contributed by atoms with Gasteiger partial charge >= 0.3 is 0 Å². The SMILES string of the molecule is CC1C(c2ccccc2)=CC(c2cccc(C=O)c2)=NC1c1cccc(C=O)c1. The third kappa shape index (κ3) is 3.85. The Labute approximate surface area is 170 Å². The van der Waals surface area contributed by atoms with Crippen molar-refractivity contribution in [3.63, 3.8) is 0 Å². The van der Waals surface area contributed by atoms with Crippen molar-refractivity contribution in [1.29, 1.82) is 0 Å². The van der Waals surface area contributed by atoms with Crippen molar-refractivity contribution in [3.8, 4) is 0 Å². The van der Waals surface area contributed by atoms with Crippen LogP contribution in [0.3, 0.4) is 0 Å². The Hall–Kier alpha value is -3.59. The molecule has 2 unspecified atom stereocenters. The summed E-state index contributed by atoms with van der Waals surface area (Å²) < 4.78 is 0. The number of dihydropyridines is 1. The number of benzene rings is 3. The molecule has 0 bridgehead atoms. The topological polar surface area (TPSA) is 46.5 Å². The van der Waals surface area contributed by atoms with Gasteiger partial charge in [0.25, 0.3) is 0 Å². The quantitative estimate of drug-likeness (QED) is 0.544. The summed E-state index contributed by atoms with van der Waals surface area (Å²) >= 11 is 0. The molecule has 3 aromatic carbocycles. The lowest BCUT2D eigenvalue weighted by atomic mass is 9.81. The molecule has 0 N–H and O–H groups in total. The van der Waals surface area contributed by atoms with E-state index >= 15 is 0 Å². The lowest BCUT2D eigenvalue weighted by Crippen LogP contribution is -2.18. The summed E-state index contributed by atoms with van der Waals surface area (Å²) in [5, 5.41) is 0. The highest BCUT2D eigenvalue weighted by molar-refractivity contribution is 6.14. The largest absolute Gasteiger partial charge is 0.298 e. The van der Waals surface area contributed by atoms with Gasteiger partial charge in [0.2, 0.25) is 0 Å². The van der Waals surface area contributed by atoms with Crippen LogP contribution >= 0.6 is 0 Å². The maximum atomic E-state index is 11.3. The third-order valence-corrected chi connectivity index (χ3v) is 5.35. The van der Waals surface area contributed by atoms with Crippen LogP contribution in [0, 0.1) is 5.92 Å². The van der Waals surface area contributed by atoms with Gasteiger partial charge in [-0.25, -0.2) is 0 Å². The summed E-state index contributed by atoms with van der Waals surface area (Å²) in [6.45, 7) is 2.17. The van der Waals surface area contributed by atoms with Gasteiger partial charge in [-0.05, 0) is 34.9 Å². The maximum absolute atomic E-state index is 11.3. The molecule has 0 amide bonds. The van der Waals surface area contributed by atoms with Crippen molar-refractivity contribution in [2.45, 2.75) is 13.0 Å². The molecule has 0 radical (unpaired) electrons. The van der Waals surface area contributed by atoms with Gasteiger partial charge < -0.3 is 0 Å². The van der Waals surface area contributed by atoms with Crippen LogP contribution in [0.15, 0.2) is 89.9 Å². The van der Waals surface area contributed by atoms with Crippen LogP contribution in [0.1, 0.15) is 50.4 Å². The Morgan fingerprint density at radius 2 is 1.41 bits per heavy atom. The summed E-state index contributed by atoms with van der Waals surface area (Å²) in [4.78, 5) is 27.6. The van der Waals surface area contributed by atoms with Gasteiger partial charge in [0.1, 0.15) is 12.6 Å². The fourth-order valence-corrected chi connectivity index (χ4v) is 3.83. The van der Waals surface area contributed by atoms with Crippen molar-refractivity contribution in [3.05, 3.63) is 113 Å². The van der Waals surface area contributed by atoms with Crippen molar-refractivity contribution < 1.29 is 9.59 Å². The summed E-state index contributed by atoms with van der Waals surface area (Å²) in [5.74, 6) is 0.136. The number of aliphatic imine (C=N–C) groups is 1. The minimum atomic E-state index is -0.120. The van der Waals surface area contributed by atoms with E-state index in [-0.39, 0.29) is 12.0 Å². The predicted molar refractivity (Wildman–Crippen MR) is 117 cm³/mol. The number of rotatable bonds is 5. The highest BCUT2D eigenvalue weighted by atomic mass is 16.1. The fourth-order valence-electron chi connectivity index (χ4n) is 3.83. The van der Waals surface area contributed by atoms with E-state index in [2.05, 4.69) is 25.1 Å². The average molecular weight is 379 g/mol. The first-order chi connectivity index (χ1) is 14.2. The van der Waals surface area contributed by atoms with Gasteiger partial charge in [-0.1, -0.05) is 73.7 Å². The van der Waals surface area contributed by atoms with Gasteiger partial charge in [0.15, 0.2) is 0 Å². The molecule has 1 aliphatic rings. The van der Waals surface area contributed by atoms with Crippen LogP contribution in [0.4, 0.5) is 0 Å². The standard InChI is InChI=1S/C26H21NO2/c1-18-24(21-9-3-2-4-10-21)15-25(22-11-5-7-19(13-22)16-28)27-26(18)23-12-6-8-20(14-23)17-29/h2-18,26H,1H3. The van der Waals surface area contributed by atoms with Gasteiger partial charge in [-0.2, -0.15) is 0 Å². The van der Waals surface area contributed by atoms with Gasteiger partial charge in [0.05, 0.1) is 11.8 Å². The molecule has 3 heteroatoms. The second-order valence-corrected chi connectivity index (χ2v) is 7.24. The van der Waals surface area contributed by atoms with Crippen molar-refractivity contribution in [2.75, 3.05) is 0 Å². The molecule has 4 rings (SSSR count). The molecule has 0 saturated heterocycles. The van der Waals surface area contributed by atoms with Crippen LogP contribution in [0.5, 0.6) is 0 Å². The van der Waals surface area contributed by atoms with Crippen molar-refractivity contribution in [1.82, 2.24) is 0 Å². The smallest absolute Gasteiger partial charge is 0.150 e. The molecule has 1 heterocycles. The minimum absolute atomic E-state index is 0.120. The number of carbonyl (C=O) groups excluding carboxylic acids is 2. The number of hydrogen-bond donors (Lipinski definition) is 0. The summed E-state index contributed by atoms with van der Waals surface area (Å²) in [6, 6.07) is 25.3. The molecule has 29 heavy (non-hydrogen) atoms. The first-order valence-electron chi connectivity index (χ1n) is 9.65. The molecule has 1 aliphatic heterocycles. The van der Waals surface area contributed by atoms with Crippen LogP contribution in [-0.2, 0) is 0 Å². The Morgan fingerprint density at radius 3 is 2.14 bits per heavy atom. The third-order valence-electron chi connectivity index (χ3n) is 5.35. The normalized spacial score (nSPS) is 18.5. The van der Waals surface area contributed by atoms with E-state index in [9.17, 15) is 9.59 Å². The molecule has 142 valence electrons. The second kappa shape index (κ2) is 8.19. The number of carbonyl (C=O) groups is 2. The van der Waals surface area contributed by atoms with E-state index in [4.69, 9.17) is 4.99 Å². The molecule has 2 atom stereocenters. The zero-order valence-electron chi connectivity index (χ0n) is 16.2. The van der Waals surface area contributed by atoms with Crippen LogP contribution < -0.4 is 0 Å². The van der Waals surface area contributed by atoms with Crippen molar-refractivity contribution in [2.24, 2.45) is 10.9 Å². The maximum Gasteiger partial charge on any atom is 0.150 e. The number of hydrogen-bond acceptors (Lipinski definition) is 3. The van der Waals surface area contributed by atoms with E-state index in [1.807, 2.05) is 54.6 Å². The zero-order valence-corrected chi connectivity index (χ0v) is 16.2. The van der Waals surface area contributed by atoms with Crippen LogP contribution in [0.2, 0.25) is 0 Å². The lowest BCUT2D eigenvalue weighted by Gasteiger charge is -2.29. The molecular weight excluding hydrogens is 358 g/mol. The fraction of sp³-hybridized carbons (Fsp3) is 0.115. The average Bonchev–Trinajstić information content (AvgIpc) is 2.80. The minimum Gasteiger partial charge on any atom is -0.298 e.